The van der Waals surface area contributed by atoms with E-state index >= 15 is 0 Å². The molecule has 0 spiro atoms. The van der Waals surface area contributed by atoms with Crippen LogP contribution in [0, 0.1) is 0 Å². The molecule has 0 aliphatic carbocycles. The van der Waals surface area contributed by atoms with E-state index in [1.165, 1.54) is 6.21 Å². The molecule has 0 unspecified atom stereocenters. The number of benzene rings is 2. The summed E-state index contributed by atoms with van der Waals surface area (Å²) < 4.78 is 5.03. The van der Waals surface area contributed by atoms with Crippen molar-refractivity contribution in [3.05, 3.63) is 71.8 Å². The highest BCUT2D eigenvalue weighted by Gasteiger charge is 2.03. The molecule has 0 radical (unpaired) electrons. The number of hydrogen-bond acceptors (Lipinski definition) is 3. The Morgan fingerprint density at radius 2 is 1.81 bits per heavy atom. The van der Waals surface area contributed by atoms with E-state index in [1.807, 2.05) is 36.4 Å². The Hall–Kier alpha value is -2.88. The number of amides is 1. The summed E-state index contributed by atoms with van der Waals surface area (Å²) in [5.41, 5.74) is 4.06. The van der Waals surface area contributed by atoms with Crippen LogP contribution in [0.15, 0.2) is 65.8 Å². The van der Waals surface area contributed by atoms with Crippen molar-refractivity contribution < 1.29 is 9.53 Å². The fourth-order valence-corrected chi connectivity index (χ4v) is 1.66. The standard InChI is InChI=1S/C17H16N2O2/c1-21-16-11-9-15(10-12-16)17(20)19-18-13-5-8-14-6-3-2-4-7-14/h2-13H,1H3,(H,19,20)/b8-5+,18-13-. The van der Waals surface area contributed by atoms with Gasteiger partial charge in [0.15, 0.2) is 0 Å². The largest absolute Gasteiger partial charge is 0.497 e. The Morgan fingerprint density at radius 3 is 2.48 bits per heavy atom. The number of nitrogens with zero attached hydrogens (tertiary/aromatic N) is 1. The van der Waals surface area contributed by atoms with E-state index in [2.05, 4.69) is 10.5 Å². The Kier molecular flexibility index (Phi) is 5.29. The van der Waals surface area contributed by atoms with Crippen LogP contribution in [0.3, 0.4) is 0 Å². The first-order valence-corrected chi connectivity index (χ1v) is 6.49. The minimum atomic E-state index is -0.262. The van der Waals surface area contributed by atoms with Crippen LogP contribution in [-0.2, 0) is 0 Å². The summed E-state index contributed by atoms with van der Waals surface area (Å²) in [6.45, 7) is 0. The van der Waals surface area contributed by atoms with Crippen LogP contribution in [-0.4, -0.2) is 19.2 Å². The summed E-state index contributed by atoms with van der Waals surface area (Å²) in [5, 5.41) is 3.86. The molecule has 0 saturated heterocycles. The molecule has 0 saturated carbocycles. The Morgan fingerprint density at radius 1 is 1.10 bits per heavy atom. The van der Waals surface area contributed by atoms with Gasteiger partial charge >= 0.3 is 0 Å². The van der Waals surface area contributed by atoms with Crippen molar-refractivity contribution in [3.63, 3.8) is 0 Å². The monoisotopic (exact) mass is 280 g/mol. The van der Waals surface area contributed by atoms with Gasteiger partial charge in [0.1, 0.15) is 5.75 Å². The fourth-order valence-electron chi connectivity index (χ4n) is 1.66. The van der Waals surface area contributed by atoms with Gasteiger partial charge in [-0.25, -0.2) is 5.43 Å². The number of allylic oxidation sites excluding steroid dienone is 1. The molecule has 4 nitrogen and oxygen atoms in total. The average Bonchev–Trinajstić information content (AvgIpc) is 2.55. The number of hydrogen-bond donors (Lipinski definition) is 1. The highest BCUT2D eigenvalue weighted by atomic mass is 16.5. The van der Waals surface area contributed by atoms with E-state index in [1.54, 1.807) is 37.5 Å². The minimum Gasteiger partial charge on any atom is -0.497 e. The molecular weight excluding hydrogens is 264 g/mol. The minimum absolute atomic E-state index is 0.262. The molecule has 2 rings (SSSR count). The quantitative estimate of drug-likeness (QED) is 0.675. The van der Waals surface area contributed by atoms with Crippen LogP contribution in [0.2, 0.25) is 0 Å². The third-order valence-corrected chi connectivity index (χ3v) is 2.77. The van der Waals surface area contributed by atoms with Crippen molar-refractivity contribution in [3.8, 4) is 5.75 Å². The van der Waals surface area contributed by atoms with Gasteiger partial charge in [0, 0.05) is 11.8 Å². The van der Waals surface area contributed by atoms with Gasteiger partial charge in [-0.15, -0.1) is 0 Å². The van der Waals surface area contributed by atoms with E-state index in [0.29, 0.717) is 11.3 Å². The molecule has 2 aromatic carbocycles. The summed E-state index contributed by atoms with van der Waals surface area (Å²) in [5.74, 6) is 0.447. The van der Waals surface area contributed by atoms with E-state index in [4.69, 9.17) is 4.74 Å². The summed E-state index contributed by atoms with van der Waals surface area (Å²) in [6.07, 6.45) is 5.21. The van der Waals surface area contributed by atoms with Gasteiger partial charge in [0.25, 0.3) is 5.91 Å². The lowest BCUT2D eigenvalue weighted by atomic mass is 10.2. The first-order chi connectivity index (χ1) is 10.3. The molecule has 106 valence electrons. The average molecular weight is 280 g/mol. The van der Waals surface area contributed by atoms with Gasteiger partial charge in [0.05, 0.1) is 7.11 Å². The fraction of sp³-hybridized carbons (Fsp3) is 0.0588. The summed E-state index contributed by atoms with van der Waals surface area (Å²) in [4.78, 5) is 11.8. The third kappa shape index (κ3) is 4.62. The number of nitrogens with one attached hydrogen (secondary N) is 1. The second-order valence-electron chi connectivity index (χ2n) is 4.22. The van der Waals surface area contributed by atoms with Gasteiger partial charge in [0.2, 0.25) is 0 Å². The van der Waals surface area contributed by atoms with Gasteiger partial charge in [-0.1, -0.05) is 36.4 Å². The lowest BCUT2D eigenvalue weighted by molar-refractivity contribution is 0.0955. The molecule has 1 N–H and O–H groups in total. The van der Waals surface area contributed by atoms with E-state index < -0.39 is 0 Å². The highest BCUT2D eigenvalue weighted by molar-refractivity contribution is 5.94. The zero-order valence-corrected chi connectivity index (χ0v) is 11.7. The number of rotatable bonds is 5. The van der Waals surface area contributed by atoms with Gasteiger partial charge < -0.3 is 4.74 Å². The molecule has 2 aromatic rings. The Labute approximate surface area is 123 Å². The summed E-state index contributed by atoms with van der Waals surface area (Å²) in [6, 6.07) is 16.7. The molecule has 0 heterocycles. The van der Waals surface area contributed by atoms with E-state index in [-0.39, 0.29) is 5.91 Å². The number of hydrazone groups is 1. The zero-order chi connectivity index (χ0) is 14.9. The van der Waals surface area contributed by atoms with Gasteiger partial charge in [-0.3, -0.25) is 4.79 Å². The van der Waals surface area contributed by atoms with Crippen LogP contribution in [0.1, 0.15) is 15.9 Å². The van der Waals surface area contributed by atoms with Gasteiger partial charge in [-0.2, -0.15) is 5.10 Å². The van der Waals surface area contributed by atoms with Crippen molar-refractivity contribution in [1.82, 2.24) is 5.43 Å². The number of carbonyl (C=O) groups excluding carboxylic acids is 1. The Balaban J connectivity index is 1.85. The predicted octanol–water partition coefficient (Wildman–Crippen LogP) is 3.12. The van der Waals surface area contributed by atoms with Crippen molar-refractivity contribution in [2.45, 2.75) is 0 Å². The second-order valence-corrected chi connectivity index (χ2v) is 4.22. The highest BCUT2D eigenvalue weighted by Crippen LogP contribution is 2.10. The first-order valence-electron chi connectivity index (χ1n) is 6.49. The third-order valence-electron chi connectivity index (χ3n) is 2.77. The maximum Gasteiger partial charge on any atom is 0.271 e. The number of methoxy groups -OCH3 is 1. The normalized spacial score (nSPS) is 10.9. The zero-order valence-electron chi connectivity index (χ0n) is 11.7. The molecule has 4 heteroatoms. The number of ether oxygens (including phenoxy) is 1. The molecule has 0 aliphatic rings. The maximum absolute atomic E-state index is 11.8. The van der Waals surface area contributed by atoms with Crippen molar-refractivity contribution in [1.29, 1.82) is 0 Å². The lowest BCUT2D eigenvalue weighted by Gasteiger charge is -2.01. The predicted molar refractivity (Wildman–Crippen MR) is 84.4 cm³/mol. The summed E-state index contributed by atoms with van der Waals surface area (Å²) >= 11 is 0. The lowest BCUT2D eigenvalue weighted by Crippen LogP contribution is -2.17. The van der Waals surface area contributed by atoms with Crippen molar-refractivity contribution in [2.75, 3.05) is 7.11 Å². The second kappa shape index (κ2) is 7.65. The molecule has 0 fully saturated rings. The Bertz CT molecular complexity index is 632. The van der Waals surface area contributed by atoms with Crippen LogP contribution in [0.25, 0.3) is 6.08 Å². The maximum atomic E-state index is 11.8. The van der Waals surface area contributed by atoms with Gasteiger partial charge in [-0.05, 0) is 35.9 Å². The molecule has 0 aliphatic heterocycles. The molecule has 0 aromatic heterocycles. The summed E-state index contributed by atoms with van der Waals surface area (Å²) in [7, 11) is 1.58. The SMILES string of the molecule is COc1ccc(C(=O)N/N=C\C=C\c2ccccc2)cc1. The van der Waals surface area contributed by atoms with Crippen molar-refractivity contribution in [2.24, 2.45) is 5.10 Å². The van der Waals surface area contributed by atoms with E-state index in [0.717, 1.165) is 5.56 Å². The molecule has 21 heavy (non-hydrogen) atoms. The number of carbonyl (C=O) groups is 1. The molecule has 1 amide bonds. The van der Waals surface area contributed by atoms with E-state index in [9.17, 15) is 4.79 Å². The van der Waals surface area contributed by atoms with Crippen LogP contribution >= 0.6 is 0 Å². The first kappa shape index (κ1) is 14.5. The van der Waals surface area contributed by atoms with Crippen LogP contribution in [0.4, 0.5) is 0 Å². The molecule has 0 atom stereocenters. The topological polar surface area (TPSA) is 50.7 Å². The van der Waals surface area contributed by atoms with Crippen molar-refractivity contribution >= 4 is 18.2 Å². The van der Waals surface area contributed by atoms with Crippen LogP contribution in [0.5, 0.6) is 5.75 Å². The van der Waals surface area contributed by atoms with Crippen LogP contribution < -0.4 is 10.2 Å². The molecular formula is C17H16N2O2. The smallest absolute Gasteiger partial charge is 0.271 e. The molecule has 0 bridgehead atoms.